The van der Waals surface area contributed by atoms with Crippen LogP contribution in [0, 0.1) is 0 Å². The first-order valence-corrected chi connectivity index (χ1v) is 8.40. The van der Waals surface area contributed by atoms with Crippen molar-refractivity contribution in [3.05, 3.63) is 60.4 Å². The van der Waals surface area contributed by atoms with Crippen molar-refractivity contribution in [3.8, 4) is 0 Å². The van der Waals surface area contributed by atoms with Gasteiger partial charge in [0.1, 0.15) is 11.6 Å². The van der Waals surface area contributed by atoms with E-state index in [2.05, 4.69) is 31.0 Å². The summed E-state index contributed by atoms with van der Waals surface area (Å²) in [5, 5.41) is 22.1. The van der Waals surface area contributed by atoms with E-state index < -0.39 is 0 Å². The van der Waals surface area contributed by atoms with E-state index in [-0.39, 0.29) is 6.03 Å². The van der Waals surface area contributed by atoms with Gasteiger partial charge in [-0.2, -0.15) is 0 Å². The van der Waals surface area contributed by atoms with Gasteiger partial charge in [-0.3, -0.25) is 8.80 Å². The lowest BCUT2D eigenvalue weighted by molar-refractivity contribution is 0.241. The minimum Gasteiger partial charge on any atom is -0.338 e. The van der Waals surface area contributed by atoms with Gasteiger partial charge in [0.2, 0.25) is 0 Å². The first-order valence-electron chi connectivity index (χ1n) is 8.40. The van der Waals surface area contributed by atoms with E-state index >= 15 is 0 Å². The van der Waals surface area contributed by atoms with Crippen LogP contribution in [0.5, 0.6) is 0 Å². The maximum Gasteiger partial charge on any atom is 0.314 e. The SMILES string of the molecule is O=C(NCCc1nnc2ccccn12)NCCc1nnc2ccccn12. The molecule has 2 amide bonds. The molecule has 4 rings (SSSR count). The molecule has 0 spiro atoms. The van der Waals surface area contributed by atoms with Gasteiger partial charge in [-0.25, -0.2) is 4.79 Å². The number of nitrogens with zero attached hydrogens (tertiary/aromatic N) is 6. The smallest absolute Gasteiger partial charge is 0.314 e. The standard InChI is InChI=1S/C17H18N8O/c26-17(18-9-7-15-22-20-13-5-1-3-11-24(13)15)19-10-8-16-23-21-14-6-2-4-12-25(14)16/h1-6,11-12H,7-10H2,(H2,18,19,26). The molecule has 4 aromatic rings. The molecule has 0 atom stereocenters. The van der Waals surface area contributed by atoms with Crippen molar-refractivity contribution in [1.29, 1.82) is 0 Å². The first-order chi connectivity index (χ1) is 12.8. The number of amides is 2. The monoisotopic (exact) mass is 350 g/mol. The van der Waals surface area contributed by atoms with E-state index in [1.807, 2.05) is 57.6 Å². The van der Waals surface area contributed by atoms with Crippen molar-refractivity contribution >= 4 is 17.3 Å². The number of hydrogen-bond donors (Lipinski definition) is 2. The molecule has 2 N–H and O–H groups in total. The molecule has 0 fully saturated rings. The summed E-state index contributed by atoms with van der Waals surface area (Å²) >= 11 is 0. The fraction of sp³-hybridized carbons (Fsp3) is 0.235. The zero-order valence-electron chi connectivity index (χ0n) is 14.0. The van der Waals surface area contributed by atoms with Gasteiger partial charge in [0.15, 0.2) is 11.3 Å². The highest BCUT2D eigenvalue weighted by atomic mass is 16.2. The number of nitrogens with one attached hydrogen (secondary N) is 2. The average molecular weight is 350 g/mol. The highest BCUT2D eigenvalue weighted by molar-refractivity contribution is 5.73. The van der Waals surface area contributed by atoms with Gasteiger partial charge in [0, 0.05) is 38.3 Å². The molecule has 26 heavy (non-hydrogen) atoms. The van der Waals surface area contributed by atoms with Crippen LogP contribution in [0.2, 0.25) is 0 Å². The summed E-state index contributed by atoms with van der Waals surface area (Å²) in [5.41, 5.74) is 1.60. The van der Waals surface area contributed by atoms with Crippen LogP contribution in [-0.4, -0.2) is 48.3 Å². The summed E-state index contributed by atoms with van der Waals surface area (Å²) in [6, 6.07) is 11.3. The van der Waals surface area contributed by atoms with Crippen LogP contribution < -0.4 is 10.6 Å². The average Bonchev–Trinajstić information content (AvgIpc) is 3.27. The van der Waals surface area contributed by atoms with Gasteiger partial charge in [-0.05, 0) is 24.3 Å². The summed E-state index contributed by atoms with van der Waals surface area (Å²) in [7, 11) is 0. The van der Waals surface area contributed by atoms with Crippen LogP contribution in [0.3, 0.4) is 0 Å². The van der Waals surface area contributed by atoms with Crippen molar-refractivity contribution in [2.75, 3.05) is 13.1 Å². The molecule has 4 aromatic heterocycles. The van der Waals surface area contributed by atoms with E-state index in [0.29, 0.717) is 25.9 Å². The first kappa shape index (κ1) is 16.0. The van der Waals surface area contributed by atoms with Gasteiger partial charge in [0.05, 0.1) is 0 Å². The zero-order chi connectivity index (χ0) is 17.8. The molecule has 9 nitrogen and oxygen atoms in total. The number of fused-ring (bicyclic) bond motifs is 2. The Bertz CT molecular complexity index is 955. The number of carbonyl (C=O) groups excluding carboxylic acids is 1. The summed E-state index contributed by atoms with van der Waals surface area (Å²) < 4.78 is 3.83. The molecule has 0 aliphatic carbocycles. The van der Waals surface area contributed by atoms with E-state index in [0.717, 1.165) is 22.9 Å². The Morgan fingerprint density at radius 3 is 1.77 bits per heavy atom. The number of rotatable bonds is 6. The molecular weight excluding hydrogens is 332 g/mol. The highest BCUT2D eigenvalue weighted by Crippen LogP contribution is 2.03. The molecule has 0 bridgehead atoms. The van der Waals surface area contributed by atoms with Gasteiger partial charge >= 0.3 is 6.03 Å². The Morgan fingerprint density at radius 2 is 1.27 bits per heavy atom. The Kier molecular flexibility index (Phi) is 4.42. The van der Waals surface area contributed by atoms with Crippen LogP contribution in [0.1, 0.15) is 11.6 Å². The number of carbonyl (C=O) groups is 1. The number of hydrogen-bond acceptors (Lipinski definition) is 5. The summed E-state index contributed by atoms with van der Waals surface area (Å²) in [6.45, 7) is 0.963. The second kappa shape index (κ2) is 7.18. The van der Waals surface area contributed by atoms with Crippen molar-refractivity contribution in [2.45, 2.75) is 12.8 Å². The molecule has 0 saturated heterocycles. The van der Waals surface area contributed by atoms with Gasteiger partial charge in [-0.1, -0.05) is 12.1 Å². The lowest BCUT2D eigenvalue weighted by Crippen LogP contribution is -2.37. The molecule has 0 unspecified atom stereocenters. The fourth-order valence-electron chi connectivity index (χ4n) is 2.76. The molecule has 0 radical (unpaired) electrons. The maximum atomic E-state index is 11.9. The van der Waals surface area contributed by atoms with E-state index in [1.165, 1.54) is 0 Å². The van der Waals surface area contributed by atoms with Crippen molar-refractivity contribution in [3.63, 3.8) is 0 Å². The van der Waals surface area contributed by atoms with E-state index in [9.17, 15) is 4.79 Å². The molecule has 0 aliphatic heterocycles. The third-order valence-corrected chi connectivity index (χ3v) is 4.04. The Hall–Kier alpha value is -3.49. The Morgan fingerprint density at radius 1 is 0.769 bits per heavy atom. The molecule has 4 heterocycles. The summed E-state index contributed by atoms with van der Waals surface area (Å²) in [6.07, 6.45) is 5.03. The molecule has 0 aromatic carbocycles. The minimum atomic E-state index is -0.215. The quantitative estimate of drug-likeness (QED) is 0.537. The van der Waals surface area contributed by atoms with Gasteiger partial charge in [0.25, 0.3) is 0 Å². The number of aromatic nitrogens is 6. The van der Waals surface area contributed by atoms with Crippen LogP contribution in [0.25, 0.3) is 11.3 Å². The predicted octanol–water partition coefficient (Wildman–Crippen LogP) is 0.856. The third-order valence-electron chi connectivity index (χ3n) is 4.04. The Balaban J connectivity index is 1.23. The number of urea groups is 1. The molecule has 9 heteroatoms. The normalized spacial score (nSPS) is 11.1. The van der Waals surface area contributed by atoms with Crippen LogP contribution in [-0.2, 0) is 12.8 Å². The van der Waals surface area contributed by atoms with Gasteiger partial charge in [-0.15, -0.1) is 20.4 Å². The molecule has 0 aliphatic rings. The lowest BCUT2D eigenvalue weighted by atomic mass is 10.4. The van der Waals surface area contributed by atoms with E-state index in [1.54, 1.807) is 0 Å². The summed E-state index contributed by atoms with van der Waals surface area (Å²) in [5.74, 6) is 1.63. The molecule has 132 valence electrons. The van der Waals surface area contributed by atoms with Gasteiger partial charge < -0.3 is 10.6 Å². The van der Waals surface area contributed by atoms with Crippen LogP contribution in [0.4, 0.5) is 4.79 Å². The largest absolute Gasteiger partial charge is 0.338 e. The maximum absolute atomic E-state index is 11.9. The predicted molar refractivity (Wildman–Crippen MR) is 94.8 cm³/mol. The minimum absolute atomic E-state index is 0.215. The van der Waals surface area contributed by atoms with Crippen molar-refractivity contribution in [1.82, 2.24) is 39.8 Å². The van der Waals surface area contributed by atoms with Crippen LogP contribution in [0.15, 0.2) is 48.8 Å². The Labute approximate surface area is 149 Å². The lowest BCUT2D eigenvalue weighted by Gasteiger charge is -2.06. The fourth-order valence-corrected chi connectivity index (χ4v) is 2.76. The third kappa shape index (κ3) is 3.32. The topological polar surface area (TPSA) is 102 Å². The second-order valence-corrected chi connectivity index (χ2v) is 5.77. The number of pyridine rings is 2. The van der Waals surface area contributed by atoms with Crippen molar-refractivity contribution in [2.24, 2.45) is 0 Å². The summed E-state index contributed by atoms with van der Waals surface area (Å²) in [4.78, 5) is 11.9. The second-order valence-electron chi connectivity index (χ2n) is 5.77. The molecular formula is C17H18N8O. The molecule has 0 saturated carbocycles. The highest BCUT2D eigenvalue weighted by Gasteiger charge is 2.07. The zero-order valence-corrected chi connectivity index (χ0v) is 14.0. The van der Waals surface area contributed by atoms with Crippen LogP contribution >= 0.6 is 0 Å². The van der Waals surface area contributed by atoms with E-state index in [4.69, 9.17) is 0 Å². The van der Waals surface area contributed by atoms with Crippen molar-refractivity contribution < 1.29 is 4.79 Å².